The maximum Gasteiger partial charge on any atom is 0.128 e. The highest BCUT2D eigenvalue weighted by molar-refractivity contribution is 5.49. The topological polar surface area (TPSA) is 30.5 Å². The second kappa shape index (κ2) is 4.67. The quantitative estimate of drug-likeness (QED) is 0.845. The van der Waals surface area contributed by atoms with E-state index in [0.717, 1.165) is 44.8 Å². The van der Waals surface area contributed by atoms with Gasteiger partial charge in [-0.2, -0.15) is 0 Å². The Labute approximate surface area is 102 Å². The molecule has 3 rings (SSSR count). The number of rotatable bonds is 2. The summed E-state index contributed by atoms with van der Waals surface area (Å²) in [6, 6.07) is 4.49. The van der Waals surface area contributed by atoms with E-state index in [1.165, 1.54) is 16.7 Å². The van der Waals surface area contributed by atoms with Crippen molar-refractivity contribution >= 4 is 0 Å². The zero-order chi connectivity index (χ0) is 11.7. The van der Waals surface area contributed by atoms with E-state index < -0.39 is 0 Å². The molecule has 0 radical (unpaired) electrons. The summed E-state index contributed by atoms with van der Waals surface area (Å²) in [5, 5.41) is 3.20. The van der Waals surface area contributed by atoms with Crippen LogP contribution in [-0.4, -0.2) is 26.8 Å². The number of benzene rings is 1. The minimum absolute atomic E-state index is 0.150. The molecule has 0 spiro atoms. The molecule has 2 aliphatic heterocycles. The predicted octanol–water partition coefficient (Wildman–Crippen LogP) is 1.84. The summed E-state index contributed by atoms with van der Waals surface area (Å²) in [7, 11) is 1.97. The van der Waals surface area contributed by atoms with E-state index in [0.29, 0.717) is 0 Å². The molecule has 17 heavy (non-hydrogen) atoms. The lowest BCUT2D eigenvalue weighted by atomic mass is 9.91. The van der Waals surface area contributed by atoms with Crippen LogP contribution in [0.15, 0.2) is 12.1 Å². The number of ether oxygens (including phenoxy) is 2. The van der Waals surface area contributed by atoms with Crippen LogP contribution in [-0.2, 0) is 17.6 Å². The molecule has 0 aliphatic carbocycles. The lowest BCUT2D eigenvalue weighted by molar-refractivity contribution is 0.0408. The molecule has 2 heterocycles. The van der Waals surface area contributed by atoms with Gasteiger partial charge in [0.25, 0.3) is 0 Å². The molecular weight excluding hydrogens is 214 g/mol. The molecule has 0 unspecified atom stereocenters. The first-order valence-electron chi connectivity index (χ1n) is 6.44. The number of hydrogen-bond acceptors (Lipinski definition) is 3. The third-order valence-corrected chi connectivity index (χ3v) is 3.61. The third-order valence-electron chi connectivity index (χ3n) is 3.61. The molecule has 92 valence electrons. The molecule has 0 saturated carbocycles. The average molecular weight is 233 g/mol. The molecule has 0 amide bonds. The summed E-state index contributed by atoms with van der Waals surface area (Å²) < 4.78 is 11.8. The van der Waals surface area contributed by atoms with E-state index in [1.807, 2.05) is 7.05 Å². The number of fused-ring (bicyclic) bond motifs is 3. The van der Waals surface area contributed by atoms with Gasteiger partial charge < -0.3 is 14.8 Å². The van der Waals surface area contributed by atoms with Crippen LogP contribution in [0.4, 0.5) is 0 Å². The van der Waals surface area contributed by atoms with Gasteiger partial charge in [0.05, 0.1) is 19.3 Å². The molecule has 1 atom stereocenters. The Morgan fingerprint density at radius 3 is 3.00 bits per heavy atom. The Bertz CT molecular complexity index is 417. The van der Waals surface area contributed by atoms with Crippen LogP contribution < -0.4 is 10.1 Å². The van der Waals surface area contributed by atoms with Crippen molar-refractivity contribution < 1.29 is 9.47 Å². The maximum absolute atomic E-state index is 5.89. The molecule has 2 aliphatic rings. The lowest BCUT2D eigenvalue weighted by Gasteiger charge is -2.31. The molecule has 3 nitrogen and oxygen atoms in total. The number of hydrogen-bond donors (Lipinski definition) is 1. The van der Waals surface area contributed by atoms with E-state index in [9.17, 15) is 0 Å². The van der Waals surface area contributed by atoms with Gasteiger partial charge in [-0.05, 0) is 37.4 Å². The van der Waals surface area contributed by atoms with Crippen molar-refractivity contribution in [2.75, 3.05) is 26.8 Å². The predicted molar refractivity (Wildman–Crippen MR) is 66.6 cm³/mol. The fraction of sp³-hybridized carbons (Fsp3) is 0.571. The Hall–Kier alpha value is -1.06. The smallest absolute Gasteiger partial charge is 0.128 e. The molecule has 0 saturated heterocycles. The summed E-state index contributed by atoms with van der Waals surface area (Å²) in [4.78, 5) is 0. The van der Waals surface area contributed by atoms with E-state index in [1.54, 1.807) is 0 Å². The SMILES string of the molecule is CNC[C@@H]1OCCc2ccc3c(c21)OCCC3. The summed E-state index contributed by atoms with van der Waals surface area (Å²) in [5.41, 5.74) is 4.04. The Balaban J connectivity index is 2.05. The van der Waals surface area contributed by atoms with Crippen molar-refractivity contribution in [3.63, 3.8) is 0 Å². The van der Waals surface area contributed by atoms with Crippen molar-refractivity contribution in [2.45, 2.75) is 25.4 Å². The summed E-state index contributed by atoms with van der Waals surface area (Å²) in [6.07, 6.45) is 3.42. The van der Waals surface area contributed by atoms with E-state index in [4.69, 9.17) is 9.47 Å². The fourth-order valence-electron chi connectivity index (χ4n) is 2.80. The second-order valence-electron chi connectivity index (χ2n) is 4.75. The molecule has 1 N–H and O–H groups in total. The highest BCUT2D eigenvalue weighted by Gasteiger charge is 2.27. The van der Waals surface area contributed by atoms with Crippen LogP contribution in [0.2, 0.25) is 0 Å². The van der Waals surface area contributed by atoms with Crippen molar-refractivity contribution in [3.8, 4) is 5.75 Å². The maximum atomic E-state index is 5.89. The molecule has 3 heteroatoms. The van der Waals surface area contributed by atoms with E-state index in [2.05, 4.69) is 17.4 Å². The van der Waals surface area contributed by atoms with Crippen LogP contribution in [0, 0.1) is 0 Å². The molecule has 1 aromatic carbocycles. The number of likely N-dealkylation sites (N-methyl/N-ethyl adjacent to an activating group) is 1. The highest BCUT2D eigenvalue weighted by Crippen LogP contribution is 2.39. The highest BCUT2D eigenvalue weighted by atomic mass is 16.5. The normalized spacial score (nSPS) is 22.5. The van der Waals surface area contributed by atoms with Crippen molar-refractivity contribution in [1.29, 1.82) is 0 Å². The van der Waals surface area contributed by atoms with Crippen LogP contribution >= 0.6 is 0 Å². The standard InChI is InChI=1S/C14H19NO2/c1-15-9-12-13-10(6-8-16-12)4-5-11-3-2-7-17-14(11)13/h4-5,12,15H,2-3,6-9H2,1H3/t12-/m0/s1. The first-order chi connectivity index (χ1) is 8.40. The van der Waals surface area contributed by atoms with Crippen LogP contribution in [0.25, 0.3) is 0 Å². The van der Waals surface area contributed by atoms with Gasteiger partial charge in [0, 0.05) is 12.1 Å². The summed E-state index contributed by atoms with van der Waals surface area (Å²) in [5.74, 6) is 1.11. The second-order valence-corrected chi connectivity index (χ2v) is 4.75. The lowest BCUT2D eigenvalue weighted by Crippen LogP contribution is -2.27. The Morgan fingerprint density at radius 2 is 2.12 bits per heavy atom. The average Bonchev–Trinajstić information content (AvgIpc) is 2.39. The van der Waals surface area contributed by atoms with Gasteiger partial charge in [0.15, 0.2) is 0 Å². The van der Waals surface area contributed by atoms with Gasteiger partial charge in [0.2, 0.25) is 0 Å². The van der Waals surface area contributed by atoms with Crippen molar-refractivity contribution in [3.05, 3.63) is 28.8 Å². The summed E-state index contributed by atoms with van der Waals surface area (Å²) >= 11 is 0. The van der Waals surface area contributed by atoms with Gasteiger partial charge in [-0.15, -0.1) is 0 Å². The molecule has 1 aromatic rings. The van der Waals surface area contributed by atoms with E-state index in [-0.39, 0.29) is 6.10 Å². The minimum atomic E-state index is 0.150. The minimum Gasteiger partial charge on any atom is -0.493 e. The summed E-state index contributed by atoms with van der Waals surface area (Å²) in [6.45, 7) is 2.51. The van der Waals surface area contributed by atoms with Crippen LogP contribution in [0.3, 0.4) is 0 Å². The first kappa shape index (κ1) is 11.1. The monoisotopic (exact) mass is 233 g/mol. The number of nitrogens with one attached hydrogen (secondary N) is 1. The van der Waals surface area contributed by atoms with Gasteiger partial charge >= 0.3 is 0 Å². The first-order valence-corrected chi connectivity index (χ1v) is 6.44. The van der Waals surface area contributed by atoms with Gasteiger partial charge in [0.1, 0.15) is 5.75 Å². The molecular formula is C14H19NO2. The van der Waals surface area contributed by atoms with Gasteiger partial charge in [-0.1, -0.05) is 12.1 Å². The molecule has 0 bridgehead atoms. The van der Waals surface area contributed by atoms with E-state index >= 15 is 0 Å². The van der Waals surface area contributed by atoms with Crippen molar-refractivity contribution in [2.24, 2.45) is 0 Å². The zero-order valence-corrected chi connectivity index (χ0v) is 10.3. The zero-order valence-electron chi connectivity index (χ0n) is 10.3. The number of aryl methyl sites for hydroxylation is 1. The van der Waals surface area contributed by atoms with Gasteiger partial charge in [-0.25, -0.2) is 0 Å². The molecule has 0 fully saturated rings. The third kappa shape index (κ3) is 1.94. The largest absolute Gasteiger partial charge is 0.493 e. The van der Waals surface area contributed by atoms with Crippen LogP contribution in [0.1, 0.15) is 29.2 Å². The van der Waals surface area contributed by atoms with Gasteiger partial charge in [-0.3, -0.25) is 0 Å². The Kier molecular flexibility index (Phi) is 3.04. The fourth-order valence-corrected chi connectivity index (χ4v) is 2.80. The van der Waals surface area contributed by atoms with Crippen LogP contribution in [0.5, 0.6) is 5.75 Å². The molecule has 0 aromatic heterocycles. The Morgan fingerprint density at radius 1 is 1.24 bits per heavy atom. The van der Waals surface area contributed by atoms with Crippen molar-refractivity contribution in [1.82, 2.24) is 5.32 Å².